The topological polar surface area (TPSA) is 21.3 Å². The predicted octanol–water partition coefficient (Wildman–Crippen LogP) is 3.20. The molecule has 1 unspecified atom stereocenters. The van der Waals surface area contributed by atoms with Crippen LogP contribution in [0.4, 0.5) is 0 Å². The minimum atomic E-state index is 0.298. The van der Waals surface area contributed by atoms with E-state index in [0.717, 1.165) is 25.9 Å². The number of rotatable bonds is 4. The van der Waals surface area contributed by atoms with E-state index in [-0.39, 0.29) is 0 Å². The molecule has 0 amide bonds. The van der Waals surface area contributed by atoms with E-state index in [4.69, 9.17) is 4.74 Å². The highest BCUT2D eigenvalue weighted by Gasteiger charge is 2.19. The summed E-state index contributed by atoms with van der Waals surface area (Å²) in [6.45, 7) is 3.06. The van der Waals surface area contributed by atoms with Crippen molar-refractivity contribution >= 4 is 0 Å². The first-order valence-corrected chi connectivity index (χ1v) is 6.42. The highest BCUT2D eigenvalue weighted by atomic mass is 16.5. The second-order valence-corrected chi connectivity index (χ2v) is 4.44. The number of hydrogen-bond acceptors (Lipinski definition) is 2. The van der Waals surface area contributed by atoms with Crippen molar-refractivity contribution in [2.24, 2.45) is 0 Å². The Hall–Kier alpha value is -1.28. The quantitative estimate of drug-likeness (QED) is 0.859. The van der Waals surface area contributed by atoms with Crippen LogP contribution in [0.1, 0.15) is 36.9 Å². The van der Waals surface area contributed by atoms with Crippen molar-refractivity contribution < 1.29 is 4.74 Å². The Labute approximate surface area is 104 Å². The van der Waals surface area contributed by atoms with E-state index in [1.807, 2.05) is 13.3 Å². The van der Waals surface area contributed by atoms with Gasteiger partial charge in [0.25, 0.3) is 0 Å². The van der Waals surface area contributed by atoms with Gasteiger partial charge in [-0.2, -0.15) is 0 Å². The number of likely N-dealkylation sites (N-methyl/N-ethyl adjacent to an activating group) is 1. The molecule has 1 aliphatic heterocycles. The van der Waals surface area contributed by atoms with Crippen LogP contribution in [0.25, 0.3) is 0 Å². The van der Waals surface area contributed by atoms with E-state index in [2.05, 4.69) is 36.5 Å². The first kappa shape index (κ1) is 12.2. The summed E-state index contributed by atoms with van der Waals surface area (Å²) in [6.07, 6.45) is 5.27. The number of nitrogens with one attached hydrogen (secondary N) is 1. The van der Waals surface area contributed by atoms with Crippen LogP contribution >= 0.6 is 0 Å². The van der Waals surface area contributed by atoms with Crippen LogP contribution in [0.3, 0.4) is 0 Å². The number of hydrogen-bond donors (Lipinski definition) is 1. The van der Waals surface area contributed by atoms with Gasteiger partial charge in [-0.05, 0) is 43.0 Å². The van der Waals surface area contributed by atoms with Gasteiger partial charge in [-0.25, -0.2) is 0 Å². The fourth-order valence-electron chi connectivity index (χ4n) is 2.48. The van der Waals surface area contributed by atoms with E-state index in [0.29, 0.717) is 6.04 Å². The monoisotopic (exact) mass is 231 g/mol. The van der Waals surface area contributed by atoms with Crippen molar-refractivity contribution in [1.29, 1.82) is 0 Å². The fraction of sp³-hybridized carbons (Fsp3) is 0.467. The van der Waals surface area contributed by atoms with Gasteiger partial charge in [-0.15, -0.1) is 0 Å². The molecule has 1 N–H and O–H groups in total. The minimum absolute atomic E-state index is 0.298. The van der Waals surface area contributed by atoms with Gasteiger partial charge >= 0.3 is 0 Å². The molecule has 1 atom stereocenters. The van der Waals surface area contributed by atoms with Gasteiger partial charge in [0, 0.05) is 0 Å². The third-order valence-electron chi connectivity index (χ3n) is 3.37. The molecule has 0 spiro atoms. The normalized spacial score (nSPS) is 17.2. The summed E-state index contributed by atoms with van der Waals surface area (Å²) in [4.78, 5) is 0. The lowest BCUT2D eigenvalue weighted by atomic mass is 9.91. The lowest BCUT2D eigenvalue weighted by Gasteiger charge is -2.25. The molecule has 1 aromatic rings. The van der Waals surface area contributed by atoms with E-state index in [9.17, 15) is 0 Å². The number of ether oxygens (including phenoxy) is 1. The first-order chi connectivity index (χ1) is 8.36. The molecule has 2 nitrogen and oxygen atoms in total. The zero-order valence-corrected chi connectivity index (χ0v) is 10.7. The maximum atomic E-state index is 5.46. The maximum Gasteiger partial charge on any atom is 0.0876 e. The van der Waals surface area contributed by atoms with E-state index in [1.54, 1.807) is 0 Å². The molecule has 1 aromatic carbocycles. The molecule has 1 heterocycles. The Bertz CT molecular complexity index is 398. The van der Waals surface area contributed by atoms with Crippen molar-refractivity contribution in [3.63, 3.8) is 0 Å². The highest BCUT2D eigenvalue weighted by Crippen LogP contribution is 2.29. The third-order valence-corrected chi connectivity index (χ3v) is 3.37. The van der Waals surface area contributed by atoms with Gasteiger partial charge in [-0.1, -0.05) is 31.2 Å². The van der Waals surface area contributed by atoms with Crippen molar-refractivity contribution in [1.82, 2.24) is 5.32 Å². The summed E-state index contributed by atoms with van der Waals surface area (Å²) in [5.41, 5.74) is 4.16. The average Bonchev–Trinajstić information content (AvgIpc) is 2.41. The predicted molar refractivity (Wildman–Crippen MR) is 70.9 cm³/mol. The first-order valence-electron chi connectivity index (χ1n) is 6.42. The van der Waals surface area contributed by atoms with E-state index >= 15 is 0 Å². The van der Waals surface area contributed by atoms with Crippen LogP contribution in [0.5, 0.6) is 0 Å². The number of benzene rings is 1. The molecule has 0 bridgehead atoms. The molecule has 0 saturated carbocycles. The second-order valence-electron chi connectivity index (χ2n) is 4.44. The molecule has 17 heavy (non-hydrogen) atoms. The molecule has 0 radical (unpaired) electrons. The van der Waals surface area contributed by atoms with Crippen molar-refractivity contribution in [2.75, 3.05) is 13.7 Å². The van der Waals surface area contributed by atoms with Gasteiger partial charge in [0.1, 0.15) is 0 Å². The largest absolute Gasteiger partial charge is 0.501 e. The molecule has 2 heteroatoms. The summed E-state index contributed by atoms with van der Waals surface area (Å²) in [5.74, 6) is 0. The Morgan fingerprint density at radius 1 is 1.35 bits per heavy atom. The Balaban J connectivity index is 2.31. The molecule has 0 saturated heterocycles. The summed E-state index contributed by atoms with van der Waals surface area (Å²) < 4.78 is 5.46. The highest BCUT2D eigenvalue weighted by molar-refractivity contribution is 5.35. The SMILES string of the molecule is CCc1ccccc1C(NC)C1=COCCC1. The van der Waals surface area contributed by atoms with Crippen LogP contribution in [0.2, 0.25) is 0 Å². The van der Waals surface area contributed by atoms with E-state index in [1.165, 1.54) is 16.7 Å². The van der Waals surface area contributed by atoms with Crippen molar-refractivity contribution in [2.45, 2.75) is 32.2 Å². The zero-order chi connectivity index (χ0) is 12.1. The summed E-state index contributed by atoms with van der Waals surface area (Å²) >= 11 is 0. The maximum absolute atomic E-state index is 5.46. The van der Waals surface area contributed by atoms with Crippen LogP contribution in [-0.2, 0) is 11.2 Å². The van der Waals surface area contributed by atoms with Crippen LogP contribution in [-0.4, -0.2) is 13.7 Å². The summed E-state index contributed by atoms with van der Waals surface area (Å²) in [6, 6.07) is 8.95. The zero-order valence-electron chi connectivity index (χ0n) is 10.7. The minimum Gasteiger partial charge on any atom is -0.501 e. The smallest absolute Gasteiger partial charge is 0.0876 e. The Kier molecular flexibility index (Phi) is 4.21. The summed E-state index contributed by atoms with van der Waals surface area (Å²) in [5, 5.41) is 3.41. The van der Waals surface area contributed by atoms with Gasteiger partial charge in [0.15, 0.2) is 0 Å². The average molecular weight is 231 g/mol. The van der Waals surface area contributed by atoms with Gasteiger partial charge in [0.2, 0.25) is 0 Å². The molecule has 0 aromatic heterocycles. The summed E-state index contributed by atoms with van der Waals surface area (Å²) in [7, 11) is 2.02. The Morgan fingerprint density at radius 3 is 2.82 bits per heavy atom. The molecule has 1 aliphatic rings. The van der Waals surface area contributed by atoms with E-state index < -0.39 is 0 Å². The Morgan fingerprint density at radius 2 is 2.18 bits per heavy atom. The van der Waals surface area contributed by atoms with Crippen LogP contribution in [0.15, 0.2) is 36.1 Å². The van der Waals surface area contributed by atoms with Crippen molar-refractivity contribution in [3.05, 3.63) is 47.2 Å². The lowest BCUT2D eigenvalue weighted by Crippen LogP contribution is -2.22. The molecular formula is C15H21NO. The molecule has 0 fully saturated rings. The third kappa shape index (κ3) is 2.70. The van der Waals surface area contributed by atoms with Crippen LogP contribution in [0, 0.1) is 0 Å². The molecular weight excluding hydrogens is 210 g/mol. The number of aryl methyl sites for hydroxylation is 1. The molecule has 0 aliphatic carbocycles. The van der Waals surface area contributed by atoms with Gasteiger partial charge in [-0.3, -0.25) is 0 Å². The van der Waals surface area contributed by atoms with Gasteiger partial charge < -0.3 is 10.1 Å². The molecule has 92 valence electrons. The standard InChI is InChI=1S/C15H21NO/c1-3-12-7-4-5-9-14(12)15(16-2)13-8-6-10-17-11-13/h4-5,7,9,11,15-16H,3,6,8,10H2,1-2H3. The van der Waals surface area contributed by atoms with Crippen molar-refractivity contribution in [3.8, 4) is 0 Å². The van der Waals surface area contributed by atoms with Gasteiger partial charge in [0.05, 0.1) is 18.9 Å². The molecule has 2 rings (SSSR count). The van der Waals surface area contributed by atoms with Crippen LogP contribution < -0.4 is 5.32 Å². The lowest BCUT2D eigenvalue weighted by molar-refractivity contribution is 0.220. The fourth-order valence-corrected chi connectivity index (χ4v) is 2.48. The second kappa shape index (κ2) is 5.87.